The number of hydrogen-bond acceptors (Lipinski definition) is 3. The molecular formula is C12H14N2O. The number of phenols is 1. The smallest absolute Gasteiger partial charge is 0.128 e. The second kappa shape index (κ2) is 3.88. The molecule has 2 aromatic carbocycles. The molecule has 0 aliphatic carbocycles. The highest BCUT2D eigenvalue weighted by Gasteiger charge is 2.11. The molecule has 0 fully saturated rings. The van der Waals surface area contributed by atoms with E-state index in [1.54, 1.807) is 0 Å². The van der Waals surface area contributed by atoms with Gasteiger partial charge < -0.3 is 16.6 Å². The topological polar surface area (TPSA) is 72.3 Å². The molecule has 0 radical (unpaired) electrons. The van der Waals surface area contributed by atoms with Crippen molar-refractivity contribution in [3.8, 4) is 5.75 Å². The summed E-state index contributed by atoms with van der Waals surface area (Å²) in [6, 6.07) is 11.1. The molecule has 0 aliphatic rings. The molecule has 0 heterocycles. The summed E-state index contributed by atoms with van der Waals surface area (Å²) in [6.07, 6.45) is 0. The second-order valence-corrected chi connectivity index (χ2v) is 3.57. The van der Waals surface area contributed by atoms with Crippen LogP contribution in [0.15, 0.2) is 36.4 Å². The van der Waals surface area contributed by atoms with E-state index < -0.39 is 0 Å². The van der Waals surface area contributed by atoms with E-state index in [0.29, 0.717) is 12.1 Å². The Hall–Kier alpha value is -1.58. The van der Waals surface area contributed by atoms with Crippen molar-refractivity contribution in [2.75, 3.05) is 6.54 Å². The summed E-state index contributed by atoms with van der Waals surface area (Å²) in [6.45, 7) is 0.325. The van der Waals surface area contributed by atoms with Crippen molar-refractivity contribution in [1.82, 2.24) is 0 Å². The van der Waals surface area contributed by atoms with Crippen molar-refractivity contribution in [1.29, 1.82) is 0 Å². The first-order valence-corrected chi connectivity index (χ1v) is 4.90. The van der Waals surface area contributed by atoms with Crippen LogP contribution in [0.25, 0.3) is 10.8 Å². The van der Waals surface area contributed by atoms with Crippen LogP contribution in [0.1, 0.15) is 11.6 Å². The largest absolute Gasteiger partial charge is 0.507 e. The molecule has 0 bridgehead atoms. The Balaban J connectivity index is 2.65. The van der Waals surface area contributed by atoms with Gasteiger partial charge in [0.2, 0.25) is 0 Å². The molecule has 1 atom stereocenters. The lowest BCUT2D eigenvalue weighted by Crippen LogP contribution is -2.20. The van der Waals surface area contributed by atoms with Crippen LogP contribution in [-0.4, -0.2) is 11.7 Å². The van der Waals surface area contributed by atoms with Gasteiger partial charge in [0, 0.05) is 23.5 Å². The van der Waals surface area contributed by atoms with Crippen LogP contribution in [0.4, 0.5) is 0 Å². The number of benzene rings is 2. The zero-order chi connectivity index (χ0) is 10.8. The highest BCUT2D eigenvalue weighted by Crippen LogP contribution is 2.31. The maximum Gasteiger partial charge on any atom is 0.128 e. The third-order valence-corrected chi connectivity index (χ3v) is 2.59. The van der Waals surface area contributed by atoms with Gasteiger partial charge in [0.1, 0.15) is 5.75 Å². The lowest BCUT2D eigenvalue weighted by atomic mass is 10.0. The standard InChI is InChI=1S/C12H14N2O/c13-7-11(14)10-6-5-8-3-1-2-4-9(8)12(10)15/h1-6,11,15H,7,13-14H2/t11-/m1/s1. The Morgan fingerprint density at radius 1 is 1.13 bits per heavy atom. The molecule has 2 rings (SSSR count). The SMILES string of the molecule is NC[C@@H](N)c1ccc2ccccc2c1O. The summed E-state index contributed by atoms with van der Waals surface area (Å²) >= 11 is 0. The molecule has 78 valence electrons. The zero-order valence-electron chi connectivity index (χ0n) is 8.35. The first-order valence-electron chi connectivity index (χ1n) is 4.90. The average Bonchev–Trinajstić information content (AvgIpc) is 2.29. The molecule has 0 aliphatic heterocycles. The quantitative estimate of drug-likeness (QED) is 0.691. The number of nitrogens with two attached hydrogens (primary N) is 2. The van der Waals surface area contributed by atoms with E-state index >= 15 is 0 Å². The molecule has 15 heavy (non-hydrogen) atoms. The van der Waals surface area contributed by atoms with Gasteiger partial charge in [0.25, 0.3) is 0 Å². The summed E-state index contributed by atoms with van der Waals surface area (Å²) in [5.74, 6) is 0.242. The fraction of sp³-hybridized carbons (Fsp3) is 0.167. The number of aromatic hydroxyl groups is 1. The molecule has 0 saturated heterocycles. The molecule has 3 heteroatoms. The van der Waals surface area contributed by atoms with E-state index in [4.69, 9.17) is 11.5 Å². The van der Waals surface area contributed by atoms with Crippen molar-refractivity contribution in [3.05, 3.63) is 42.0 Å². The van der Waals surface area contributed by atoms with E-state index in [9.17, 15) is 5.11 Å². The summed E-state index contributed by atoms with van der Waals surface area (Å²) in [7, 11) is 0. The van der Waals surface area contributed by atoms with Crippen LogP contribution in [0.2, 0.25) is 0 Å². The molecule has 0 aromatic heterocycles. The van der Waals surface area contributed by atoms with Crippen molar-refractivity contribution in [3.63, 3.8) is 0 Å². The number of hydrogen-bond donors (Lipinski definition) is 3. The van der Waals surface area contributed by atoms with Gasteiger partial charge in [-0.05, 0) is 5.39 Å². The van der Waals surface area contributed by atoms with Crippen LogP contribution >= 0.6 is 0 Å². The Kier molecular flexibility index (Phi) is 2.58. The molecule has 2 aromatic rings. The van der Waals surface area contributed by atoms with E-state index in [0.717, 1.165) is 10.8 Å². The van der Waals surface area contributed by atoms with E-state index in [1.165, 1.54) is 0 Å². The minimum atomic E-state index is -0.311. The van der Waals surface area contributed by atoms with Gasteiger partial charge in [0.15, 0.2) is 0 Å². The Labute approximate surface area is 88.3 Å². The number of fused-ring (bicyclic) bond motifs is 1. The first kappa shape index (κ1) is 9.96. The van der Waals surface area contributed by atoms with E-state index in [1.807, 2.05) is 36.4 Å². The Morgan fingerprint density at radius 2 is 1.87 bits per heavy atom. The van der Waals surface area contributed by atoms with Crippen LogP contribution in [0, 0.1) is 0 Å². The third kappa shape index (κ3) is 1.67. The second-order valence-electron chi connectivity index (χ2n) is 3.57. The molecule has 0 spiro atoms. The Morgan fingerprint density at radius 3 is 2.60 bits per heavy atom. The Bertz CT molecular complexity index is 482. The lowest BCUT2D eigenvalue weighted by molar-refractivity contribution is 0.468. The van der Waals surface area contributed by atoms with Crippen molar-refractivity contribution >= 4 is 10.8 Å². The van der Waals surface area contributed by atoms with Gasteiger partial charge in [0.05, 0.1) is 0 Å². The molecule has 0 amide bonds. The highest BCUT2D eigenvalue weighted by atomic mass is 16.3. The van der Waals surface area contributed by atoms with Crippen LogP contribution in [0.5, 0.6) is 5.75 Å². The minimum absolute atomic E-state index is 0.242. The van der Waals surface area contributed by atoms with Crippen molar-refractivity contribution in [2.45, 2.75) is 6.04 Å². The molecule has 3 nitrogen and oxygen atoms in total. The minimum Gasteiger partial charge on any atom is -0.507 e. The summed E-state index contributed by atoms with van der Waals surface area (Å²) in [4.78, 5) is 0. The summed E-state index contributed by atoms with van der Waals surface area (Å²) in [5, 5.41) is 11.8. The number of phenolic OH excluding ortho intramolecular Hbond substituents is 1. The van der Waals surface area contributed by atoms with Crippen molar-refractivity contribution in [2.24, 2.45) is 11.5 Å². The molecule has 0 unspecified atom stereocenters. The fourth-order valence-corrected chi connectivity index (χ4v) is 1.70. The maximum atomic E-state index is 10.0. The van der Waals surface area contributed by atoms with E-state index in [2.05, 4.69) is 0 Å². The lowest BCUT2D eigenvalue weighted by Gasteiger charge is -2.12. The van der Waals surface area contributed by atoms with Gasteiger partial charge in [-0.15, -0.1) is 0 Å². The monoisotopic (exact) mass is 202 g/mol. The van der Waals surface area contributed by atoms with Crippen LogP contribution < -0.4 is 11.5 Å². The van der Waals surface area contributed by atoms with Gasteiger partial charge in [-0.1, -0.05) is 36.4 Å². The highest BCUT2D eigenvalue weighted by molar-refractivity contribution is 5.89. The predicted octanol–water partition coefficient (Wildman–Crippen LogP) is 1.50. The molecular weight excluding hydrogens is 188 g/mol. The fourth-order valence-electron chi connectivity index (χ4n) is 1.70. The average molecular weight is 202 g/mol. The van der Waals surface area contributed by atoms with Crippen LogP contribution in [-0.2, 0) is 0 Å². The first-order chi connectivity index (χ1) is 7.24. The molecule has 5 N–H and O–H groups in total. The third-order valence-electron chi connectivity index (χ3n) is 2.59. The summed E-state index contributed by atoms with van der Waals surface area (Å²) in [5.41, 5.74) is 12.0. The van der Waals surface area contributed by atoms with E-state index in [-0.39, 0.29) is 11.8 Å². The van der Waals surface area contributed by atoms with Gasteiger partial charge in [-0.25, -0.2) is 0 Å². The van der Waals surface area contributed by atoms with Gasteiger partial charge >= 0.3 is 0 Å². The van der Waals surface area contributed by atoms with Crippen molar-refractivity contribution < 1.29 is 5.11 Å². The van der Waals surface area contributed by atoms with Gasteiger partial charge in [-0.2, -0.15) is 0 Å². The summed E-state index contributed by atoms with van der Waals surface area (Å²) < 4.78 is 0. The number of rotatable bonds is 2. The maximum absolute atomic E-state index is 10.0. The molecule has 0 saturated carbocycles. The predicted molar refractivity (Wildman–Crippen MR) is 61.6 cm³/mol. The van der Waals surface area contributed by atoms with Crippen LogP contribution in [0.3, 0.4) is 0 Å². The normalized spacial score (nSPS) is 12.9. The zero-order valence-corrected chi connectivity index (χ0v) is 8.35. The van der Waals surface area contributed by atoms with Gasteiger partial charge in [-0.3, -0.25) is 0 Å².